The second kappa shape index (κ2) is 8.89. The Balaban J connectivity index is 1.96. The molecule has 26 heavy (non-hydrogen) atoms. The van der Waals surface area contributed by atoms with Gasteiger partial charge in [-0.3, -0.25) is 15.1 Å². The number of hydrogen-bond donors (Lipinski definition) is 1. The lowest BCUT2D eigenvalue weighted by Crippen LogP contribution is -2.20. The number of aromatic nitrogens is 1. The second-order valence-corrected chi connectivity index (χ2v) is 7.38. The molecule has 7 heteroatoms. The molecule has 0 amide bonds. The number of nitro groups is 1. The lowest BCUT2D eigenvalue weighted by molar-refractivity contribution is -0.384. The van der Waals surface area contributed by atoms with E-state index in [1.807, 2.05) is 25.1 Å². The lowest BCUT2D eigenvalue weighted by atomic mass is 9.98. The van der Waals surface area contributed by atoms with Gasteiger partial charge in [0.25, 0.3) is 5.69 Å². The van der Waals surface area contributed by atoms with Crippen LogP contribution in [-0.4, -0.2) is 22.6 Å². The Labute approximate surface area is 157 Å². The number of rotatable bonds is 7. The zero-order valence-corrected chi connectivity index (χ0v) is 15.6. The Hall–Kier alpha value is -2.28. The van der Waals surface area contributed by atoms with Gasteiger partial charge in [-0.15, -0.1) is 0 Å². The maximum absolute atomic E-state index is 11.5. The molecule has 0 atom stereocenters. The molecule has 1 saturated carbocycles. The van der Waals surface area contributed by atoms with Crippen LogP contribution in [0.4, 0.5) is 11.4 Å². The maximum Gasteiger partial charge on any atom is 0.296 e. The fourth-order valence-corrected chi connectivity index (χ4v) is 4.00. The Kier molecular flexibility index (Phi) is 6.33. The highest BCUT2D eigenvalue weighted by Crippen LogP contribution is 2.42. The molecule has 1 aliphatic rings. The van der Waals surface area contributed by atoms with E-state index in [1.165, 1.54) is 18.2 Å². The first-order valence-electron chi connectivity index (χ1n) is 8.98. The first kappa shape index (κ1) is 18.5. The van der Waals surface area contributed by atoms with Crippen LogP contribution in [0.3, 0.4) is 0 Å². The minimum atomic E-state index is -0.355. The van der Waals surface area contributed by atoms with Crippen molar-refractivity contribution in [1.82, 2.24) is 4.98 Å². The third-order valence-corrected chi connectivity index (χ3v) is 5.40. The third kappa shape index (κ3) is 4.66. The van der Waals surface area contributed by atoms with E-state index in [9.17, 15) is 10.1 Å². The van der Waals surface area contributed by atoms with E-state index >= 15 is 0 Å². The van der Waals surface area contributed by atoms with E-state index in [0.29, 0.717) is 18.0 Å². The number of hydrogen-bond acceptors (Lipinski definition) is 6. The summed E-state index contributed by atoms with van der Waals surface area (Å²) in [5.74, 6) is 0.590. The van der Waals surface area contributed by atoms with Crippen LogP contribution >= 0.6 is 11.8 Å². The molecule has 2 aromatic rings. The van der Waals surface area contributed by atoms with Crippen molar-refractivity contribution in [3.8, 4) is 5.75 Å². The summed E-state index contributed by atoms with van der Waals surface area (Å²) >= 11 is 1.54. The highest BCUT2D eigenvalue weighted by molar-refractivity contribution is 7.99. The van der Waals surface area contributed by atoms with Gasteiger partial charge < -0.3 is 10.1 Å². The maximum atomic E-state index is 11.5. The van der Waals surface area contributed by atoms with E-state index in [4.69, 9.17) is 4.74 Å². The number of nitrogens with one attached hydrogen (secondary N) is 1. The monoisotopic (exact) mass is 373 g/mol. The molecule has 0 unspecified atom stereocenters. The van der Waals surface area contributed by atoms with Gasteiger partial charge in [0.15, 0.2) is 0 Å². The van der Waals surface area contributed by atoms with Crippen LogP contribution in [0.15, 0.2) is 46.5 Å². The quantitative estimate of drug-likeness (QED) is 0.525. The Bertz CT molecular complexity index is 749. The van der Waals surface area contributed by atoms with Crippen LogP contribution < -0.4 is 10.1 Å². The zero-order chi connectivity index (χ0) is 18.4. The fourth-order valence-electron chi connectivity index (χ4n) is 3.10. The summed E-state index contributed by atoms with van der Waals surface area (Å²) in [7, 11) is 0. The Morgan fingerprint density at radius 3 is 2.65 bits per heavy atom. The molecule has 0 aliphatic heterocycles. The van der Waals surface area contributed by atoms with Crippen LogP contribution in [0.2, 0.25) is 0 Å². The SMILES string of the molecule is CCNc1cc(Sc2ccncc2)c(OC2CCCCC2)cc1[N+](=O)[O-]. The summed E-state index contributed by atoms with van der Waals surface area (Å²) in [4.78, 5) is 17.1. The Morgan fingerprint density at radius 2 is 2.00 bits per heavy atom. The normalized spacial score (nSPS) is 14.8. The molecule has 3 rings (SSSR count). The predicted molar refractivity (Wildman–Crippen MR) is 103 cm³/mol. The molecule has 138 valence electrons. The van der Waals surface area contributed by atoms with E-state index in [0.717, 1.165) is 35.5 Å². The van der Waals surface area contributed by atoms with Gasteiger partial charge in [-0.1, -0.05) is 18.2 Å². The minimum absolute atomic E-state index is 0.0525. The summed E-state index contributed by atoms with van der Waals surface area (Å²) in [5.41, 5.74) is 0.571. The third-order valence-electron chi connectivity index (χ3n) is 4.35. The van der Waals surface area contributed by atoms with Crippen molar-refractivity contribution in [3.05, 3.63) is 46.8 Å². The molecule has 1 heterocycles. The van der Waals surface area contributed by atoms with Gasteiger partial charge in [0.2, 0.25) is 0 Å². The summed E-state index contributed by atoms with van der Waals surface area (Å²) in [6.07, 6.45) is 9.14. The van der Waals surface area contributed by atoms with Crippen LogP contribution in [-0.2, 0) is 0 Å². The summed E-state index contributed by atoms with van der Waals surface area (Å²) < 4.78 is 6.21. The van der Waals surface area contributed by atoms with Gasteiger partial charge in [-0.25, -0.2) is 0 Å². The van der Waals surface area contributed by atoms with Crippen molar-refractivity contribution >= 4 is 23.1 Å². The highest BCUT2D eigenvalue weighted by Gasteiger charge is 2.23. The Morgan fingerprint density at radius 1 is 1.27 bits per heavy atom. The largest absolute Gasteiger partial charge is 0.489 e. The zero-order valence-electron chi connectivity index (χ0n) is 14.8. The smallest absolute Gasteiger partial charge is 0.296 e. The van der Waals surface area contributed by atoms with E-state index in [2.05, 4.69) is 10.3 Å². The highest BCUT2D eigenvalue weighted by atomic mass is 32.2. The van der Waals surface area contributed by atoms with E-state index in [-0.39, 0.29) is 16.7 Å². The summed E-state index contributed by atoms with van der Waals surface area (Å²) in [5, 5.41) is 14.6. The van der Waals surface area contributed by atoms with Gasteiger partial charge in [0, 0.05) is 23.8 Å². The number of benzene rings is 1. The predicted octanol–water partition coefficient (Wildman–Crippen LogP) is 5.28. The van der Waals surface area contributed by atoms with Crippen LogP contribution in [0.5, 0.6) is 5.75 Å². The average molecular weight is 373 g/mol. The summed E-state index contributed by atoms with van der Waals surface area (Å²) in [6.45, 7) is 2.54. The second-order valence-electron chi connectivity index (χ2n) is 6.27. The molecule has 6 nitrogen and oxygen atoms in total. The number of ether oxygens (including phenoxy) is 1. The molecule has 0 radical (unpaired) electrons. The van der Waals surface area contributed by atoms with Crippen molar-refractivity contribution in [2.75, 3.05) is 11.9 Å². The molecular weight excluding hydrogens is 350 g/mol. The number of nitro benzene ring substituents is 1. The van der Waals surface area contributed by atoms with Crippen molar-refractivity contribution < 1.29 is 9.66 Å². The lowest BCUT2D eigenvalue weighted by Gasteiger charge is -2.24. The standard InChI is InChI=1S/C19H23N3O3S/c1-2-21-16-12-19(26-15-8-10-20-11-9-15)18(13-17(16)22(23)24)25-14-6-4-3-5-7-14/h8-14,21H,2-7H2,1H3. The molecule has 1 aromatic carbocycles. The van der Waals surface area contributed by atoms with E-state index in [1.54, 1.807) is 18.5 Å². The first-order valence-corrected chi connectivity index (χ1v) is 9.80. The fraction of sp³-hybridized carbons (Fsp3) is 0.421. The van der Waals surface area contributed by atoms with Crippen LogP contribution in [0, 0.1) is 10.1 Å². The minimum Gasteiger partial charge on any atom is -0.489 e. The average Bonchev–Trinajstić information content (AvgIpc) is 2.65. The van der Waals surface area contributed by atoms with Gasteiger partial charge in [-0.05, 0) is 50.8 Å². The van der Waals surface area contributed by atoms with Gasteiger partial charge in [0.05, 0.1) is 22.0 Å². The summed E-state index contributed by atoms with van der Waals surface area (Å²) in [6, 6.07) is 7.23. The number of nitrogens with zero attached hydrogens (tertiary/aromatic N) is 2. The van der Waals surface area contributed by atoms with Crippen molar-refractivity contribution in [3.63, 3.8) is 0 Å². The van der Waals surface area contributed by atoms with Crippen LogP contribution in [0.1, 0.15) is 39.0 Å². The molecule has 1 aliphatic carbocycles. The van der Waals surface area contributed by atoms with Crippen LogP contribution in [0.25, 0.3) is 0 Å². The molecule has 0 saturated heterocycles. The van der Waals surface area contributed by atoms with Crippen molar-refractivity contribution in [1.29, 1.82) is 0 Å². The van der Waals surface area contributed by atoms with E-state index < -0.39 is 0 Å². The molecule has 1 aromatic heterocycles. The molecule has 0 bridgehead atoms. The molecule has 1 N–H and O–H groups in total. The topological polar surface area (TPSA) is 77.3 Å². The number of pyridine rings is 1. The van der Waals surface area contributed by atoms with Crippen molar-refractivity contribution in [2.45, 2.75) is 54.9 Å². The van der Waals surface area contributed by atoms with Gasteiger partial charge in [0.1, 0.15) is 11.4 Å². The molecule has 1 fully saturated rings. The molecular formula is C19H23N3O3S. The number of anilines is 1. The first-order chi connectivity index (χ1) is 12.7. The molecule has 0 spiro atoms. The van der Waals surface area contributed by atoms with Gasteiger partial charge in [-0.2, -0.15) is 0 Å². The van der Waals surface area contributed by atoms with Crippen molar-refractivity contribution in [2.24, 2.45) is 0 Å². The van der Waals surface area contributed by atoms with Gasteiger partial charge >= 0.3 is 0 Å².